The summed E-state index contributed by atoms with van der Waals surface area (Å²) in [7, 11) is 0. The van der Waals surface area contributed by atoms with Crippen LogP contribution < -0.4 is 4.90 Å². The van der Waals surface area contributed by atoms with Crippen LogP contribution in [0.15, 0.2) is 18.2 Å². The summed E-state index contributed by atoms with van der Waals surface area (Å²) in [5.74, 6) is 0.790. The lowest BCUT2D eigenvalue weighted by Crippen LogP contribution is -2.37. The molecule has 1 aliphatic carbocycles. The van der Waals surface area contributed by atoms with Crippen LogP contribution in [-0.4, -0.2) is 16.9 Å². The first-order valence-corrected chi connectivity index (χ1v) is 6.59. The Morgan fingerprint density at radius 2 is 2.11 bits per heavy atom. The highest BCUT2D eigenvalue weighted by atomic mass is 16.6. The molecule has 1 fully saturated rings. The molecular formula is C14H16N2O3. The Balaban J connectivity index is 1.94. The van der Waals surface area contributed by atoms with Crippen LogP contribution in [0.4, 0.5) is 11.4 Å². The third kappa shape index (κ3) is 1.89. The van der Waals surface area contributed by atoms with E-state index in [1.165, 1.54) is 6.07 Å². The van der Waals surface area contributed by atoms with Crippen LogP contribution in [-0.2, 0) is 11.2 Å². The van der Waals surface area contributed by atoms with E-state index in [1.54, 1.807) is 12.1 Å². The van der Waals surface area contributed by atoms with Gasteiger partial charge in [-0.2, -0.15) is 0 Å². The molecule has 1 aliphatic heterocycles. The molecule has 0 saturated heterocycles. The Kier molecular flexibility index (Phi) is 2.59. The molecule has 0 spiro atoms. The normalized spacial score (nSPS) is 28.1. The average molecular weight is 260 g/mol. The molecule has 0 aromatic heterocycles. The number of nitrogens with zero attached hydrogens (tertiary/aromatic N) is 2. The molecule has 1 aromatic rings. The summed E-state index contributed by atoms with van der Waals surface area (Å²) in [5.41, 5.74) is 1.85. The van der Waals surface area contributed by atoms with Crippen LogP contribution >= 0.6 is 0 Å². The fourth-order valence-corrected chi connectivity index (χ4v) is 2.91. The lowest BCUT2D eigenvalue weighted by molar-refractivity contribution is -0.384. The highest BCUT2D eigenvalue weighted by Gasteiger charge is 2.45. The smallest absolute Gasteiger partial charge is 0.269 e. The summed E-state index contributed by atoms with van der Waals surface area (Å²) < 4.78 is 0. The summed E-state index contributed by atoms with van der Waals surface area (Å²) >= 11 is 0. The molecule has 0 bridgehead atoms. The van der Waals surface area contributed by atoms with Crippen molar-refractivity contribution in [3.05, 3.63) is 33.9 Å². The molecule has 0 unspecified atom stereocenters. The van der Waals surface area contributed by atoms with Crippen molar-refractivity contribution in [2.24, 2.45) is 11.8 Å². The summed E-state index contributed by atoms with van der Waals surface area (Å²) in [5, 5.41) is 10.8. The first kappa shape index (κ1) is 12.1. The van der Waals surface area contributed by atoms with Gasteiger partial charge in [0.15, 0.2) is 0 Å². The quantitative estimate of drug-likeness (QED) is 0.606. The van der Waals surface area contributed by atoms with E-state index >= 15 is 0 Å². The van der Waals surface area contributed by atoms with E-state index in [-0.39, 0.29) is 23.6 Å². The first-order chi connectivity index (χ1) is 8.99. The van der Waals surface area contributed by atoms with Crippen molar-refractivity contribution in [3.8, 4) is 0 Å². The van der Waals surface area contributed by atoms with Crippen molar-refractivity contribution < 1.29 is 9.72 Å². The van der Waals surface area contributed by atoms with Crippen LogP contribution in [0.2, 0.25) is 0 Å². The third-order valence-corrected chi connectivity index (χ3v) is 4.15. The second-order valence-corrected chi connectivity index (χ2v) is 5.65. The van der Waals surface area contributed by atoms with Gasteiger partial charge in [-0.05, 0) is 37.3 Å². The molecule has 1 amide bonds. The monoisotopic (exact) mass is 260 g/mol. The molecule has 2 aliphatic rings. The minimum absolute atomic E-state index is 0.0947. The number of amides is 1. The van der Waals surface area contributed by atoms with Gasteiger partial charge in [0.25, 0.3) is 5.69 Å². The van der Waals surface area contributed by atoms with Crippen LogP contribution in [0.25, 0.3) is 0 Å². The predicted octanol–water partition coefficient (Wildman–Crippen LogP) is 2.53. The van der Waals surface area contributed by atoms with Gasteiger partial charge >= 0.3 is 0 Å². The SMILES string of the molecule is C[C@@H]1C[C@H]1C(=O)N1c2ccc([N+](=O)[O-])cc2C[C@@H]1C. The van der Waals surface area contributed by atoms with E-state index in [2.05, 4.69) is 6.92 Å². The Bertz CT molecular complexity index is 570. The number of fused-ring (bicyclic) bond motifs is 1. The maximum atomic E-state index is 12.4. The molecule has 5 heteroatoms. The molecule has 3 rings (SSSR count). The van der Waals surface area contributed by atoms with Gasteiger partial charge in [-0.1, -0.05) is 6.92 Å². The molecule has 0 N–H and O–H groups in total. The first-order valence-electron chi connectivity index (χ1n) is 6.59. The molecular weight excluding hydrogens is 244 g/mol. The fraction of sp³-hybridized carbons (Fsp3) is 0.500. The Labute approximate surface area is 111 Å². The standard InChI is InChI=1S/C14H16N2O3/c1-8-5-12(8)14(17)15-9(2)6-10-7-11(16(18)19)3-4-13(10)15/h3-4,7-9,12H,5-6H2,1-2H3/t8-,9+,12-/m1/s1. The van der Waals surface area contributed by atoms with Crippen LogP contribution in [0, 0.1) is 22.0 Å². The summed E-state index contributed by atoms with van der Waals surface area (Å²) in [6, 6.07) is 4.88. The van der Waals surface area contributed by atoms with Crippen molar-refractivity contribution in [2.75, 3.05) is 4.90 Å². The molecule has 100 valence electrons. The highest BCUT2D eigenvalue weighted by Crippen LogP contribution is 2.43. The van der Waals surface area contributed by atoms with E-state index in [9.17, 15) is 14.9 Å². The number of hydrogen-bond acceptors (Lipinski definition) is 3. The van der Waals surface area contributed by atoms with Gasteiger partial charge in [0, 0.05) is 29.8 Å². The summed E-state index contributed by atoms with van der Waals surface area (Å²) in [6.07, 6.45) is 1.66. The number of nitro benzene ring substituents is 1. The number of anilines is 1. The Morgan fingerprint density at radius 1 is 1.42 bits per heavy atom. The third-order valence-electron chi connectivity index (χ3n) is 4.15. The van der Waals surface area contributed by atoms with Crippen molar-refractivity contribution in [1.29, 1.82) is 0 Å². The van der Waals surface area contributed by atoms with Crippen LogP contribution in [0.5, 0.6) is 0 Å². The molecule has 5 nitrogen and oxygen atoms in total. The minimum atomic E-state index is -0.390. The molecule has 1 heterocycles. The Hall–Kier alpha value is -1.91. The highest BCUT2D eigenvalue weighted by molar-refractivity contribution is 5.99. The average Bonchev–Trinajstić information content (AvgIpc) is 2.99. The van der Waals surface area contributed by atoms with Gasteiger partial charge in [-0.3, -0.25) is 14.9 Å². The van der Waals surface area contributed by atoms with Crippen molar-refractivity contribution in [2.45, 2.75) is 32.7 Å². The summed E-state index contributed by atoms with van der Waals surface area (Å²) in [4.78, 5) is 24.6. The van der Waals surface area contributed by atoms with E-state index in [4.69, 9.17) is 0 Å². The van der Waals surface area contributed by atoms with Crippen molar-refractivity contribution >= 4 is 17.3 Å². The van der Waals surface area contributed by atoms with Gasteiger partial charge < -0.3 is 4.90 Å². The van der Waals surface area contributed by atoms with Gasteiger partial charge in [0.05, 0.1) is 4.92 Å². The van der Waals surface area contributed by atoms with Gasteiger partial charge in [-0.25, -0.2) is 0 Å². The predicted molar refractivity (Wildman–Crippen MR) is 71.0 cm³/mol. The second-order valence-electron chi connectivity index (χ2n) is 5.65. The van der Waals surface area contributed by atoms with Crippen LogP contribution in [0.3, 0.4) is 0 Å². The number of non-ortho nitro benzene ring substituents is 1. The Morgan fingerprint density at radius 3 is 2.68 bits per heavy atom. The molecule has 3 atom stereocenters. The van der Waals surface area contributed by atoms with Crippen molar-refractivity contribution in [3.63, 3.8) is 0 Å². The number of benzene rings is 1. The largest absolute Gasteiger partial charge is 0.309 e. The second kappa shape index (κ2) is 4.05. The van der Waals surface area contributed by atoms with E-state index < -0.39 is 4.92 Å². The van der Waals surface area contributed by atoms with Gasteiger partial charge in [-0.15, -0.1) is 0 Å². The zero-order valence-corrected chi connectivity index (χ0v) is 11.0. The van der Waals surface area contributed by atoms with E-state index in [0.29, 0.717) is 12.3 Å². The number of hydrogen-bond donors (Lipinski definition) is 0. The topological polar surface area (TPSA) is 63.5 Å². The number of rotatable bonds is 2. The maximum absolute atomic E-state index is 12.4. The molecule has 0 radical (unpaired) electrons. The van der Waals surface area contributed by atoms with Gasteiger partial charge in [0.1, 0.15) is 0 Å². The van der Waals surface area contributed by atoms with Gasteiger partial charge in [0.2, 0.25) is 5.91 Å². The van der Waals surface area contributed by atoms with E-state index in [0.717, 1.165) is 17.7 Å². The molecule has 1 saturated carbocycles. The molecule has 1 aromatic carbocycles. The number of nitro groups is 1. The number of carbonyl (C=O) groups is 1. The minimum Gasteiger partial charge on any atom is -0.309 e. The lowest BCUT2D eigenvalue weighted by atomic mass is 10.1. The number of carbonyl (C=O) groups excluding carboxylic acids is 1. The van der Waals surface area contributed by atoms with Crippen molar-refractivity contribution in [1.82, 2.24) is 0 Å². The zero-order chi connectivity index (χ0) is 13.7. The zero-order valence-electron chi connectivity index (χ0n) is 11.0. The lowest BCUT2D eigenvalue weighted by Gasteiger charge is -2.22. The van der Waals surface area contributed by atoms with E-state index in [1.807, 2.05) is 11.8 Å². The fourth-order valence-electron chi connectivity index (χ4n) is 2.91. The van der Waals surface area contributed by atoms with Crippen LogP contribution in [0.1, 0.15) is 25.8 Å². The summed E-state index contributed by atoms with van der Waals surface area (Å²) in [6.45, 7) is 4.08. The molecule has 19 heavy (non-hydrogen) atoms. The maximum Gasteiger partial charge on any atom is 0.269 e.